The van der Waals surface area contributed by atoms with Crippen molar-refractivity contribution >= 4 is 11.9 Å². The van der Waals surface area contributed by atoms with Crippen LogP contribution in [0.15, 0.2) is 42.5 Å². The van der Waals surface area contributed by atoms with E-state index in [9.17, 15) is 9.90 Å². The van der Waals surface area contributed by atoms with Gasteiger partial charge in [0.15, 0.2) is 5.78 Å². The molecule has 2 aromatic carbocycles. The smallest absolute Gasteiger partial charge is 0.174 e. The van der Waals surface area contributed by atoms with E-state index in [0.29, 0.717) is 28.4 Å². The van der Waals surface area contributed by atoms with Crippen LogP contribution < -0.4 is 14.2 Å². The molecule has 2 aromatic rings. The summed E-state index contributed by atoms with van der Waals surface area (Å²) in [7, 11) is 3.06. The van der Waals surface area contributed by atoms with Gasteiger partial charge in [-0.3, -0.25) is 4.79 Å². The SMILES string of the molecule is COc1cc(OC)c2c(c1C=CC(C)(C)O)O[C@H](c1ccccc1)CC2=O. The van der Waals surface area contributed by atoms with Crippen molar-refractivity contribution in [3.05, 3.63) is 59.2 Å². The number of hydrogen-bond donors (Lipinski definition) is 1. The first-order chi connectivity index (χ1) is 12.8. The summed E-state index contributed by atoms with van der Waals surface area (Å²) in [5.74, 6) is 1.28. The second-order valence-corrected chi connectivity index (χ2v) is 7.03. The van der Waals surface area contributed by atoms with Crippen molar-refractivity contribution in [3.63, 3.8) is 0 Å². The number of fused-ring (bicyclic) bond motifs is 1. The lowest BCUT2D eigenvalue weighted by atomic mass is 9.92. The molecule has 0 saturated heterocycles. The molecule has 27 heavy (non-hydrogen) atoms. The Morgan fingerprint density at radius 2 is 1.81 bits per heavy atom. The van der Waals surface area contributed by atoms with Crippen molar-refractivity contribution in [2.24, 2.45) is 0 Å². The quantitative estimate of drug-likeness (QED) is 0.857. The summed E-state index contributed by atoms with van der Waals surface area (Å²) in [6, 6.07) is 11.3. The summed E-state index contributed by atoms with van der Waals surface area (Å²) < 4.78 is 17.2. The Kier molecular flexibility index (Phi) is 5.24. The van der Waals surface area contributed by atoms with E-state index in [4.69, 9.17) is 14.2 Å². The van der Waals surface area contributed by atoms with Gasteiger partial charge in [-0.15, -0.1) is 0 Å². The summed E-state index contributed by atoms with van der Waals surface area (Å²) in [6.07, 6.45) is 3.20. The molecule has 1 atom stereocenters. The van der Waals surface area contributed by atoms with Gasteiger partial charge in [0.2, 0.25) is 0 Å². The Bertz CT molecular complexity index is 863. The molecule has 1 aliphatic rings. The number of aliphatic hydroxyl groups is 1. The highest BCUT2D eigenvalue weighted by molar-refractivity contribution is 6.04. The van der Waals surface area contributed by atoms with E-state index in [0.717, 1.165) is 5.56 Å². The first-order valence-electron chi connectivity index (χ1n) is 8.79. The molecular formula is C22H24O5. The normalized spacial score (nSPS) is 16.8. The van der Waals surface area contributed by atoms with Gasteiger partial charge in [-0.05, 0) is 25.5 Å². The molecule has 0 amide bonds. The minimum Gasteiger partial charge on any atom is -0.496 e. The lowest BCUT2D eigenvalue weighted by Gasteiger charge is -2.29. The van der Waals surface area contributed by atoms with E-state index < -0.39 is 11.7 Å². The summed E-state index contributed by atoms with van der Waals surface area (Å²) in [5.41, 5.74) is 0.913. The van der Waals surface area contributed by atoms with Crippen molar-refractivity contribution in [1.82, 2.24) is 0 Å². The zero-order valence-electron chi connectivity index (χ0n) is 16.0. The van der Waals surface area contributed by atoms with Crippen molar-refractivity contribution in [2.45, 2.75) is 32.0 Å². The Morgan fingerprint density at radius 3 is 2.41 bits per heavy atom. The first-order valence-corrected chi connectivity index (χ1v) is 8.79. The van der Waals surface area contributed by atoms with Gasteiger partial charge in [-0.1, -0.05) is 36.4 Å². The number of benzene rings is 2. The van der Waals surface area contributed by atoms with Crippen LogP contribution in [0.25, 0.3) is 6.08 Å². The predicted octanol–water partition coefficient (Wildman–Crippen LogP) is 4.19. The van der Waals surface area contributed by atoms with Crippen molar-refractivity contribution in [1.29, 1.82) is 0 Å². The number of ether oxygens (including phenoxy) is 3. The lowest BCUT2D eigenvalue weighted by Crippen LogP contribution is -2.22. The average molecular weight is 368 g/mol. The highest BCUT2D eigenvalue weighted by Gasteiger charge is 2.33. The van der Waals surface area contributed by atoms with Crippen LogP contribution in [0, 0.1) is 0 Å². The number of ketones is 1. The zero-order valence-corrected chi connectivity index (χ0v) is 16.0. The van der Waals surface area contributed by atoms with Gasteiger partial charge in [-0.2, -0.15) is 0 Å². The molecule has 0 aromatic heterocycles. The van der Waals surface area contributed by atoms with Gasteiger partial charge in [0.05, 0.1) is 31.8 Å². The van der Waals surface area contributed by atoms with Crippen molar-refractivity contribution in [3.8, 4) is 17.2 Å². The highest BCUT2D eigenvalue weighted by Crippen LogP contribution is 2.46. The molecule has 3 rings (SSSR count). The third kappa shape index (κ3) is 3.98. The molecule has 1 heterocycles. The van der Waals surface area contributed by atoms with Crippen LogP contribution in [0.5, 0.6) is 17.2 Å². The van der Waals surface area contributed by atoms with Gasteiger partial charge in [0, 0.05) is 6.07 Å². The van der Waals surface area contributed by atoms with Crippen LogP contribution in [0.3, 0.4) is 0 Å². The topological polar surface area (TPSA) is 65.0 Å². The van der Waals surface area contributed by atoms with E-state index in [1.807, 2.05) is 30.3 Å². The molecule has 0 saturated carbocycles. The van der Waals surface area contributed by atoms with Gasteiger partial charge in [-0.25, -0.2) is 0 Å². The van der Waals surface area contributed by atoms with Gasteiger partial charge >= 0.3 is 0 Å². The Hall–Kier alpha value is -2.79. The summed E-state index contributed by atoms with van der Waals surface area (Å²) in [5, 5.41) is 10.1. The Balaban J connectivity index is 2.17. The maximum absolute atomic E-state index is 12.9. The van der Waals surface area contributed by atoms with Gasteiger partial charge in [0.25, 0.3) is 0 Å². The minimum absolute atomic E-state index is 0.0532. The second kappa shape index (κ2) is 7.45. The van der Waals surface area contributed by atoms with Crippen LogP contribution in [0.1, 0.15) is 47.9 Å². The van der Waals surface area contributed by atoms with E-state index >= 15 is 0 Å². The fraction of sp³-hybridized carbons (Fsp3) is 0.318. The largest absolute Gasteiger partial charge is 0.496 e. The van der Waals surface area contributed by atoms with Crippen LogP contribution in [-0.2, 0) is 0 Å². The number of rotatable bonds is 5. The van der Waals surface area contributed by atoms with E-state index in [-0.39, 0.29) is 12.2 Å². The molecule has 1 aliphatic heterocycles. The average Bonchev–Trinajstić information content (AvgIpc) is 2.65. The summed E-state index contributed by atoms with van der Waals surface area (Å²) in [6.45, 7) is 3.34. The van der Waals surface area contributed by atoms with Crippen molar-refractivity contribution in [2.75, 3.05) is 14.2 Å². The number of carbonyl (C=O) groups is 1. The monoisotopic (exact) mass is 368 g/mol. The van der Waals surface area contributed by atoms with Crippen LogP contribution >= 0.6 is 0 Å². The van der Waals surface area contributed by atoms with Crippen LogP contribution in [0.2, 0.25) is 0 Å². The third-order valence-electron chi connectivity index (χ3n) is 4.42. The number of Topliss-reactive ketones (excluding diaryl/α,β-unsaturated/α-hetero) is 1. The maximum Gasteiger partial charge on any atom is 0.174 e. The maximum atomic E-state index is 12.9. The minimum atomic E-state index is -1.02. The molecule has 0 aliphatic carbocycles. The van der Waals surface area contributed by atoms with Crippen LogP contribution in [0.4, 0.5) is 0 Å². The summed E-state index contributed by atoms with van der Waals surface area (Å²) in [4.78, 5) is 12.9. The van der Waals surface area contributed by atoms with Crippen molar-refractivity contribution < 1.29 is 24.1 Å². The Labute approximate surface area is 159 Å². The molecule has 0 radical (unpaired) electrons. The van der Waals surface area contributed by atoms with E-state index in [1.165, 1.54) is 7.11 Å². The number of carbonyl (C=O) groups excluding carboxylic acids is 1. The highest BCUT2D eigenvalue weighted by atomic mass is 16.5. The molecule has 0 bridgehead atoms. The van der Waals surface area contributed by atoms with Crippen LogP contribution in [-0.4, -0.2) is 30.7 Å². The molecule has 0 spiro atoms. The van der Waals surface area contributed by atoms with E-state index in [1.54, 1.807) is 39.2 Å². The molecule has 5 nitrogen and oxygen atoms in total. The fourth-order valence-electron chi connectivity index (χ4n) is 3.10. The molecule has 142 valence electrons. The zero-order chi connectivity index (χ0) is 19.6. The first kappa shape index (κ1) is 19.0. The third-order valence-corrected chi connectivity index (χ3v) is 4.42. The summed E-state index contributed by atoms with van der Waals surface area (Å²) >= 11 is 0. The van der Waals surface area contributed by atoms with E-state index in [2.05, 4.69) is 0 Å². The molecular weight excluding hydrogens is 344 g/mol. The predicted molar refractivity (Wildman–Crippen MR) is 104 cm³/mol. The number of hydrogen-bond acceptors (Lipinski definition) is 5. The van der Waals surface area contributed by atoms with Gasteiger partial charge in [0.1, 0.15) is 28.9 Å². The molecule has 0 fully saturated rings. The molecule has 5 heteroatoms. The Morgan fingerprint density at radius 1 is 1.15 bits per heavy atom. The molecule has 0 unspecified atom stereocenters. The fourth-order valence-corrected chi connectivity index (χ4v) is 3.10. The lowest BCUT2D eigenvalue weighted by molar-refractivity contribution is 0.0843. The number of methoxy groups -OCH3 is 2. The molecule has 1 N–H and O–H groups in total. The standard InChI is InChI=1S/C22H24O5/c1-22(2,24)11-10-15-18(25-3)13-19(26-4)20-16(23)12-17(27-21(15)20)14-8-6-5-7-9-14/h5-11,13,17,24H,12H2,1-4H3/t17-/m0/s1. The second-order valence-electron chi connectivity index (χ2n) is 7.03. The van der Waals surface area contributed by atoms with Gasteiger partial charge < -0.3 is 19.3 Å².